The number of piperidine rings is 1. The average Bonchev–Trinajstić information content (AvgIpc) is 3.36. The molecular weight excluding hydrogens is 366 g/mol. The molecule has 0 N–H and O–H groups in total. The second-order valence-corrected chi connectivity index (χ2v) is 7.65. The topological polar surface area (TPSA) is 64.4 Å². The van der Waals surface area contributed by atoms with Gasteiger partial charge in [-0.2, -0.15) is 0 Å². The van der Waals surface area contributed by atoms with Gasteiger partial charge in [-0.25, -0.2) is 9.78 Å². The van der Waals surface area contributed by atoms with Crippen LogP contribution in [0.1, 0.15) is 44.7 Å². The summed E-state index contributed by atoms with van der Waals surface area (Å²) in [6, 6.07) is 15.3. The summed E-state index contributed by atoms with van der Waals surface area (Å²) < 4.78 is 7.76. The molecule has 0 saturated carbocycles. The molecule has 3 heterocycles. The highest BCUT2D eigenvalue weighted by Gasteiger charge is 2.47. The fourth-order valence-electron chi connectivity index (χ4n) is 4.31. The van der Waals surface area contributed by atoms with Gasteiger partial charge in [-0.15, -0.1) is 0 Å². The number of rotatable bonds is 3. The van der Waals surface area contributed by atoms with Gasteiger partial charge in [0, 0.05) is 56.0 Å². The molecule has 2 aliphatic heterocycles. The number of carbonyl (C=O) groups excluding carboxylic acids is 2. The van der Waals surface area contributed by atoms with Crippen molar-refractivity contribution in [3.63, 3.8) is 0 Å². The summed E-state index contributed by atoms with van der Waals surface area (Å²) in [5.41, 5.74) is 2.83. The van der Waals surface area contributed by atoms with Gasteiger partial charge < -0.3 is 14.2 Å². The van der Waals surface area contributed by atoms with Crippen LogP contribution in [0.4, 0.5) is 0 Å². The first kappa shape index (κ1) is 17.7. The summed E-state index contributed by atoms with van der Waals surface area (Å²) in [5.74, 6) is -0.236. The molecule has 6 heteroatoms. The predicted octanol–water partition coefficient (Wildman–Crippen LogP) is 3.23. The molecule has 3 aromatic rings. The molecule has 0 bridgehead atoms. The number of fused-ring (bicyclic) bond motifs is 2. The Labute approximate surface area is 168 Å². The molecule has 0 aliphatic carbocycles. The number of amides is 1. The Balaban J connectivity index is 1.27. The van der Waals surface area contributed by atoms with Crippen molar-refractivity contribution in [2.24, 2.45) is 0 Å². The largest absolute Gasteiger partial charge is 0.450 e. The van der Waals surface area contributed by atoms with E-state index in [1.807, 2.05) is 64.2 Å². The molecule has 146 valence electrons. The van der Waals surface area contributed by atoms with Crippen LogP contribution in [-0.4, -0.2) is 39.4 Å². The standard InChI is InChI=1S/C23H21N3O3/c27-21(18-7-5-17(6-8-18)15-25-14-11-24-16-25)26-12-9-23(10-13-26)20-4-2-1-3-19(20)22(28)29-23/h1-8,11,14,16H,9-10,12-13,15H2. The van der Waals surface area contributed by atoms with Crippen molar-refractivity contribution in [1.82, 2.24) is 14.5 Å². The van der Waals surface area contributed by atoms with Crippen LogP contribution >= 0.6 is 0 Å². The minimum Gasteiger partial charge on any atom is -0.450 e. The summed E-state index contributed by atoms with van der Waals surface area (Å²) in [5, 5.41) is 0. The molecule has 2 aromatic carbocycles. The number of hydrogen-bond acceptors (Lipinski definition) is 4. The van der Waals surface area contributed by atoms with Crippen molar-refractivity contribution in [3.8, 4) is 0 Å². The van der Waals surface area contributed by atoms with E-state index >= 15 is 0 Å². The average molecular weight is 387 g/mol. The number of ether oxygens (including phenoxy) is 1. The van der Waals surface area contributed by atoms with E-state index in [1.54, 1.807) is 12.5 Å². The summed E-state index contributed by atoms with van der Waals surface area (Å²) in [4.78, 5) is 31.1. The van der Waals surface area contributed by atoms with Gasteiger partial charge in [0.15, 0.2) is 0 Å². The van der Waals surface area contributed by atoms with Gasteiger partial charge in [-0.3, -0.25) is 4.79 Å². The van der Waals surface area contributed by atoms with E-state index in [2.05, 4.69) is 4.98 Å². The predicted molar refractivity (Wildman–Crippen MR) is 106 cm³/mol. The maximum absolute atomic E-state index is 12.9. The molecule has 1 aromatic heterocycles. The van der Waals surface area contributed by atoms with Crippen LogP contribution in [0.5, 0.6) is 0 Å². The highest BCUT2D eigenvalue weighted by molar-refractivity contribution is 5.95. The third kappa shape index (κ3) is 3.10. The maximum atomic E-state index is 12.9. The fourth-order valence-corrected chi connectivity index (χ4v) is 4.31. The lowest BCUT2D eigenvalue weighted by Gasteiger charge is -2.38. The van der Waals surface area contributed by atoms with Crippen LogP contribution in [0.15, 0.2) is 67.3 Å². The van der Waals surface area contributed by atoms with E-state index in [1.165, 1.54) is 0 Å². The zero-order valence-electron chi connectivity index (χ0n) is 16.0. The van der Waals surface area contributed by atoms with E-state index < -0.39 is 5.60 Å². The van der Waals surface area contributed by atoms with Gasteiger partial charge in [0.1, 0.15) is 5.60 Å². The molecule has 1 spiro atoms. The van der Waals surface area contributed by atoms with E-state index in [0.717, 1.165) is 17.7 Å². The van der Waals surface area contributed by atoms with Gasteiger partial charge in [-0.05, 0) is 23.8 Å². The van der Waals surface area contributed by atoms with Crippen LogP contribution in [0.3, 0.4) is 0 Å². The van der Waals surface area contributed by atoms with Crippen LogP contribution < -0.4 is 0 Å². The quantitative estimate of drug-likeness (QED) is 0.647. The number of hydrogen-bond donors (Lipinski definition) is 0. The van der Waals surface area contributed by atoms with Crippen molar-refractivity contribution >= 4 is 11.9 Å². The lowest BCUT2D eigenvalue weighted by molar-refractivity contribution is -0.0389. The van der Waals surface area contributed by atoms with E-state index in [0.29, 0.717) is 37.1 Å². The summed E-state index contributed by atoms with van der Waals surface area (Å²) in [6.07, 6.45) is 6.69. The molecule has 0 unspecified atom stereocenters. The highest BCUT2D eigenvalue weighted by Crippen LogP contribution is 2.44. The first-order valence-electron chi connectivity index (χ1n) is 9.81. The van der Waals surface area contributed by atoms with Crippen LogP contribution in [0.25, 0.3) is 0 Å². The van der Waals surface area contributed by atoms with Gasteiger partial charge in [0.2, 0.25) is 0 Å². The third-order valence-corrected chi connectivity index (χ3v) is 5.91. The highest BCUT2D eigenvalue weighted by atomic mass is 16.6. The van der Waals surface area contributed by atoms with Gasteiger partial charge in [0.05, 0.1) is 11.9 Å². The minimum absolute atomic E-state index is 0.0200. The zero-order valence-corrected chi connectivity index (χ0v) is 16.0. The Morgan fingerprint density at radius 2 is 1.83 bits per heavy atom. The lowest BCUT2D eigenvalue weighted by Crippen LogP contribution is -2.45. The Morgan fingerprint density at radius 3 is 2.55 bits per heavy atom. The number of benzene rings is 2. The van der Waals surface area contributed by atoms with Crippen molar-refractivity contribution in [2.75, 3.05) is 13.1 Å². The zero-order chi connectivity index (χ0) is 19.8. The minimum atomic E-state index is -0.584. The van der Waals surface area contributed by atoms with Gasteiger partial charge in [-0.1, -0.05) is 30.3 Å². The van der Waals surface area contributed by atoms with Crippen LogP contribution in [-0.2, 0) is 16.9 Å². The van der Waals surface area contributed by atoms with Crippen LogP contribution in [0.2, 0.25) is 0 Å². The second-order valence-electron chi connectivity index (χ2n) is 7.65. The number of imidazole rings is 1. The second kappa shape index (κ2) is 6.88. The van der Waals surface area contributed by atoms with Gasteiger partial charge >= 0.3 is 5.97 Å². The molecule has 5 rings (SSSR count). The molecule has 1 saturated heterocycles. The number of esters is 1. The number of carbonyl (C=O) groups is 2. The normalized spacial score (nSPS) is 17.2. The summed E-state index contributed by atoms with van der Waals surface area (Å²) >= 11 is 0. The summed E-state index contributed by atoms with van der Waals surface area (Å²) in [6.45, 7) is 1.86. The first-order valence-corrected chi connectivity index (χ1v) is 9.81. The van der Waals surface area contributed by atoms with Gasteiger partial charge in [0.25, 0.3) is 5.91 Å². The lowest BCUT2D eigenvalue weighted by atomic mass is 9.83. The SMILES string of the molecule is O=C1OC2(CCN(C(=O)c3ccc(Cn4ccnc4)cc3)CC2)c2ccccc21. The number of likely N-dealkylation sites (tertiary alicyclic amines) is 1. The Morgan fingerprint density at radius 1 is 1.07 bits per heavy atom. The van der Waals surface area contributed by atoms with Crippen molar-refractivity contribution < 1.29 is 14.3 Å². The van der Waals surface area contributed by atoms with Crippen molar-refractivity contribution in [3.05, 3.63) is 89.5 Å². The molecule has 1 fully saturated rings. The molecule has 29 heavy (non-hydrogen) atoms. The smallest absolute Gasteiger partial charge is 0.339 e. The Kier molecular flexibility index (Phi) is 4.19. The Bertz CT molecular complexity index is 1050. The first-order chi connectivity index (χ1) is 14.1. The van der Waals surface area contributed by atoms with Crippen molar-refractivity contribution in [2.45, 2.75) is 25.0 Å². The summed E-state index contributed by atoms with van der Waals surface area (Å²) in [7, 11) is 0. The molecule has 2 aliphatic rings. The number of aromatic nitrogens is 2. The third-order valence-electron chi connectivity index (χ3n) is 5.91. The van der Waals surface area contributed by atoms with Crippen molar-refractivity contribution in [1.29, 1.82) is 0 Å². The Hall–Kier alpha value is -3.41. The molecule has 6 nitrogen and oxygen atoms in total. The monoisotopic (exact) mass is 387 g/mol. The fraction of sp³-hybridized carbons (Fsp3) is 0.261. The molecule has 0 radical (unpaired) electrons. The van der Waals surface area contributed by atoms with E-state index in [-0.39, 0.29) is 11.9 Å². The van der Waals surface area contributed by atoms with Crippen LogP contribution in [0, 0.1) is 0 Å². The molecular formula is C23H21N3O3. The maximum Gasteiger partial charge on any atom is 0.339 e. The number of nitrogens with zero attached hydrogens (tertiary/aromatic N) is 3. The molecule has 0 atom stereocenters. The van der Waals surface area contributed by atoms with E-state index in [4.69, 9.17) is 4.74 Å². The van der Waals surface area contributed by atoms with E-state index in [9.17, 15) is 9.59 Å². The molecule has 1 amide bonds.